The lowest BCUT2D eigenvalue weighted by atomic mass is 10.0. The predicted octanol–water partition coefficient (Wildman–Crippen LogP) is 2.89. The number of aromatic nitrogens is 1. The summed E-state index contributed by atoms with van der Waals surface area (Å²) in [6, 6.07) is 6.82. The van der Waals surface area contributed by atoms with Crippen LogP contribution in [0.1, 0.15) is 18.4 Å². The van der Waals surface area contributed by atoms with Crippen molar-refractivity contribution in [2.24, 2.45) is 11.8 Å². The van der Waals surface area contributed by atoms with Crippen LogP contribution >= 0.6 is 0 Å². The van der Waals surface area contributed by atoms with Crippen molar-refractivity contribution in [3.8, 4) is 0 Å². The molecule has 0 spiro atoms. The molecule has 4 heteroatoms. The van der Waals surface area contributed by atoms with E-state index in [2.05, 4.69) is 11.0 Å². The number of rotatable bonds is 1. The molecule has 1 saturated carbocycles. The average Bonchev–Trinajstić information content (AvgIpc) is 2.96. The van der Waals surface area contributed by atoms with Gasteiger partial charge in [-0.3, -0.25) is 0 Å². The first kappa shape index (κ1) is 13.0. The zero-order valence-electron chi connectivity index (χ0n) is 12.1. The minimum atomic E-state index is -0.218. The molecule has 2 fully saturated rings. The van der Waals surface area contributed by atoms with E-state index in [0.717, 1.165) is 48.2 Å². The second-order valence-corrected chi connectivity index (χ2v) is 6.51. The largest absolute Gasteiger partial charge is 0.393 e. The monoisotopic (exact) mass is 286 g/mol. The molecule has 110 valence electrons. The maximum Gasteiger partial charge on any atom is 0.129 e. The van der Waals surface area contributed by atoms with Crippen LogP contribution in [0.2, 0.25) is 0 Å². The van der Waals surface area contributed by atoms with Crippen molar-refractivity contribution in [2.75, 3.05) is 18.0 Å². The van der Waals surface area contributed by atoms with Gasteiger partial charge in [-0.15, -0.1) is 0 Å². The Morgan fingerprint density at radius 2 is 1.90 bits per heavy atom. The summed E-state index contributed by atoms with van der Waals surface area (Å²) >= 11 is 0. The molecule has 1 N–H and O–H groups in total. The van der Waals surface area contributed by atoms with Crippen molar-refractivity contribution < 1.29 is 9.50 Å². The Hall–Kier alpha value is -1.68. The summed E-state index contributed by atoms with van der Waals surface area (Å²) in [6.45, 7) is 3.95. The van der Waals surface area contributed by atoms with Gasteiger partial charge in [0.05, 0.1) is 11.6 Å². The van der Waals surface area contributed by atoms with E-state index in [1.807, 2.05) is 6.92 Å². The number of hydrogen-bond donors (Lipinski definition) is 1. The molecular formula is C17H19FN2O. The third-order valence-corrected chi connectivity index (χ3v) is 5.01. The topological polar surface area (TPSA) is 36.4 Å². The number of aryl methyl sites for hydroxylation is 1. The standard InChI is InChI=1S/C17H19FN2O/c1-10-4-17(19-16-3-2-13(18)7-15(10)16)20-8-11-5-14(21)6-12(11)9-20/h2-4,7,11-12,14,21H,5-6,8-9H2,1H3/t11-,12+,14?. The van der Waals surface area contributed by atoms with Gasteiger partial charge in [0, 0.05) is 18.5 Å². The number of anilines is 1. The third-order valence-electron chi connectivity index (χ3n) is 5.01. The number of aliphatic hydroxyl groups excluding tert-OH is 1. The van der Waals surface area contributed by atoms with Gasteiger partial charge in [0.25, 0.3) is 0 Å². The fourth-order valence-electron chi connectivity index (χ4n) is 3.97. The highest BCUT2D eigenvalue weighted by molar-refractivity contribution is 5.84. The Kier molecular flexibility index (Phi) is 2.89. The van der Waals surface area contributed by atoms with E-state index in [1.165, 1.54) is 6.07 Å². The van der Waals surface area contributed by atoms with Gasteiger partial charge >= 0.3 is 0 Å². The maximum atomic E-state index is 13.3. The van der Waals surface area contributed by atoms with Gasteiger partial charge in [-0.1, -0.05) is 0 Å². The lowest BCUT2D eigenvalue weighted by Crippen LogP contribution is -2.23. The van der Waals surface area contributed by atoms with E-state index < -0.39 is 0 Å². The van der Waals surface area contributed by atoms with Gasteiger partial charge in [0.2, 0.25) is 0 Å². The minimum Gasteiger partial charge on any atom is -0.393 e. The van der Waals surface area contributed by atoms with Crippen molar-refractivity contribution in [2.45, 2.75) is 25.9 Å². The van der Waals surface area contributed by atoms with Gasteiger partial charge < -0.3 is 10.0 Å². The molecule has 1 unspecified atom stereocenters. The Morgan fingerprint density at radius 3 is 2.62 bits per heavy atom. The second kappa shape index (κ2) is 4.67. The van der Waals surface area contributed by atoms with E-state index in [1.54, 1.807) is 12.1 Å². The summed E-state index contributed by atoms with van der Waals surface area (Å²) in [7, 11) is 0. The van der Waals surface area contributed by atoms with E-state index >= 15 is 0 Å². The fourth-order valence-corrected chi connectivity index (χ4v) is 3.97. The normalized spacial score (nSPS) is 28.3. The van der Waals surface area contributed by atoms with Gasteiger partial charge in [-0.2, -0.15) is 0 Å². The van der Waals surface area contributed by atoms with Gasteiger partial charge in [0.15, 0.2) is 0 Å². The van der Waals surface area contributed by atoms with Crippen LogP contribution in [-0.4, -0.2) is 29.3 Å². The summed E-state index contributed by atoms with van der Waals surface area (Å²) < 4.78 is 13.3. The van der Waals surface area contributed by atoms with Crippen LogP contribution in [-0.2, 0) is 0 Å². The molecule has 3 nitrogen and oxygen atoms in total. The number of hydrogen-bond acceptors (Lipinski definition) is 3. The summed E-state index contributed by atoms with van der Waals surface area (Å²) in [6.07, 6.45) is 1.72. The molecule has 2 heterocycles. The Balaban J connectivity index is 1.67. The number of pyridine rings is 1. The molecule has 0 amide bonds. The van der Waals surface area contributed by atoms with Crippen molar-refractivity contribution in [1.82, 2.24) is 4.98 Å². The van der Waals surface area contributed by atoms with E-state index in [4.69, 9.17) is 4.98 Å². The molecule has 0 radical (unpaired) electrons. The number of aliphatic hydroxyl groups is 1. The molecule has 1 aliphatic heterocycles. The maximum absolute atomic E-state index is 13.3. The van der Waals surface area contributed by atoms with Crippen molar-refractivity contribution >= 4 is 16.7 Å². The summed E-state index contributed by atoms with van der Waals surface area (Å²) in [4.78, 5) is 7.02. The fraction of sp³-hybridized carbons (Fsp3) is 0.471. The smallest absolute Gasteiger partial charge is 0.129 e. The highest BCUT2D eigenvalue weighted by atomic mass is 19.1. The quantitative estimate of drug-likeness (QED) is 0.875. The summed E-state index contributed by atoms with van der Waals surface area (Å²) in [5.74, 6) is 1.94. The first-order valence-electron chi connectivity index (χ1n) is 7.60. The van der Waals surface area contributed by atoms with Crippen molar-refractivity contribution in [3.63, 3.8) is 0 Å². The van der Waals surface area contributed by atoms with Crippen LogP contribution in [0.15, 0.2) is 24.3 Å². The van der Waals surface area contributed by atoms with Crippen LogP contribution in [0.5, 0.6) is 0 Å². The first-order valence-corrected chi connectivity index (χ1v) is 7.60. The molecule has 1 saturated heterocycles. The molecule has 1 aromatic carbocycles. The van der Waals surface area contributed by atoms with Gasteiger partial charge in [-0.25, -0.2) is 9.37 Å². The van der Waals surface area contributed by atoms with Gasteiger partial charge in [0.1, 0.15) is 11.6 Å². The van der Waals surface area contributed by atoms with Crippen LogP contribution in [0.4, 0.5) is 10.2 Å². The highest BCUT2D eigenvalue weighted by Crippen LogP contribution is 2.39. The summed E-state index contributed by atoms with van der Waals surface area (Å²) in [5, 5.41) is 10.6. The van der Waals surface area contributed by atoms with Crippen LogP contribution in [0.3, 0.4) is 0 Å². The zero-order valence-corrected chi connectivity index (χ0v) is 12.1. The van der Waals surface area contributed by atoms with Crippen LogP contribution < -0.4 is 4.90 Å². The number of nitrogens with zero attached hydrogens (tertiary/aromatic N) is 2. The molecule has 2 aliphatic rings. The highest BCUT2D eigenvalue weighted by Gasteiger charge is 2.40. The van der Waals surface area contributed by atoms with E-state index in [-0.39, 0.29) is 11.9 Å². The predicted molar refractivity (Wildman–Crippen MR) is 80.9 cm³/mol. The van der Waals surface area contributed by atoms with Gasteiger partial charge in [-0.05, 0) is 61.4 Å². The zero-order chi connectivity index (χ0) is 14.6. The molecule has 0 bridgehead atoms. The first-order chi connectivity index (χ1) is 10.1. The second-order valence-electron chi connectivity index (χ2n) is 6.51. The number of halogens is 1. The molecule has 1 aliphatic carbocycles. The Labute approximate surface area is 123 Å². The SMILES string of the molecule is Cc1cc(N2C[C@H]3CC(O)C[C@H]3C2)nc2ccc(F)cc12. The molecule has 1 aromatic heterocycles. The number of fused-ring (bicyclic) bond motifs is 2. The Morgan fingerprint density at radius 1 is 1.19 bits per heavy atom. The van der Waals surface area contributed by atoms with Crippen LogP contribution in [0, 0.1) is 24.6 Å². The third kappa shape index (κ3) is 2.18. The molecular weight excluding hydrogens is 267 g/mol. The number of benzene rings is 1. The Bertz CT molecular complexity index is 688. The molecule has 4 rings (SSSR count). The minimum absolute atomic E-state index is 0.114. The molecule has 3 atom stereocenters. The average molecular weight is 286 g/mol. The molecule has 2 aromatic rings. The van der Waals surface area contributed by atoms with Crippen molar-refractivity contribution in [3.05, 3.63) is 35.6 Å². The lowest BCUT2D eigenvalue weighted by molar-refractivity contribution is 0.174. The summed E-state index contributed by atoms with van der Waals surface area (Å²) in [5.41, 5.74) is 1.91. The lowest BCUT2D eigenvalue weighted by Gasteiger charge is -2.20. The molecule has 21 heavy (non-hydrogen) atoms. The van der Waals surface area contributed by atoms with Crippen LogP contribution in [0.25, 0.3) is 10.9 Å². The van der Waals surface area contributed by atoms with E-state index in [9.17, 15) is 9.50 Å². The van der Waals surface area contributed by atoms with E-state index in [0.29, 0.717) is 11.8 Å². The van der Waals surface area contributed by atoms with Crippen molar-refractivity contribution in [1.29, 1.82) is 0 Å².